The lowest BCUT2D eigenvalue weighted by molar-refractivity contribution is -0.142. The van der Waals surface area contributed by atoms with Crippen LogP contribution in [-0.2, 0) is 16.0 Å². The number of hydrogen-bond acceptors (Lipinski definition) is 3. The Kier molecular flexibility index (Phi) is 7.70. The van der Waals surface area contributed by atoms with Crippen LogP contribution in [0.15, 0.2) is 35.7 Å². The van der Waals surface area contributed by atoms with Crippen LogP contribution in [0.1, 0.15) is 67.6 Å². The summed E-state index contributed by atoms with van der Waals surface area (Å²) in [4.78, 5) is 31.4. The minimum atomic E-state index is -0.0682. The van der Waals surface area contributed by atoms with Crippen molar-refractivity contribution < 1.29 is 9.59 Å². The number of aryl methyl sites for hydroxylation is 1. The van der Waals surface area contributed by atoms with Crippen LogP contribution in [0.2, 0.25) is 0 Å². The van der Waals surface area contributed by atoms with Crippen molar-refractivity contribution in [3.63, 3.8) is 0 Å². The summed E-state index contributed by atoms with van der Waals surface area (Å²) in [7, 11) is 0. The third-order valence-electron chi connectivity index (χ3n) is 5.72. The zero-order valence-corrected chi connectivity index (χ0v) is 19.5. The molecule has 1 unspecified atom stereocenters. The molecule has 0 aliphatic carbocycles. The predicted molar refractivity (Wildman–Crippen MR) is 124 cm³/mol. The maximum atomic E-state index is 13.5. The highest BCUT2D eigenvalue weighted by atomic mass is 32.1. The van der Waals surface area contributed by atoms with Gasteiger partial charge in [0.1, 0.15) is 0 Å². The van der Waals surface area contributed by atoms with E-state index >= 15 is 0 Å². The Labute approximate surface area is 184 Å². The first kappa shape index (κ1) is 22.5. The van der Waals surface area contributed by atoms with Gasteiger partial charge >= 0.3 is 0 Å². The minimum Gasteiger partial charge on any atom is -0.333 e. The Balaban J connectivity index is 1.84. The molecule has 1 aliphatic heterocycles. The Morgan fingerprint density at radius 2 is 1.93 bits per heavy atom. The van der Waals surface area contributed by atoms with Crippen LogP contribution in [-0.4, -0.2) is 41.2 Å². The SMILES string of the molecule is CCCCN(CC(=O)N1CCc2sccc2C1c1ccc(C)cc1)C(=O)CC(C)C. The van der Waals surface area contributed by atoms with Crippen LogP contribution in [0, 0.1) is 12.8 Å². The van der Waals surface area contributed by atoms with E-state index in [4.69, 9.17) is 0 Å². The number of unbranched alkanes of at least 4 members (excludes halogenated alkanes) is 1. The highest BCUT2D eigenvalue weighted by molar-refractivity contribution is 7.10. The molecule has 2 heterocycles. The maximum Gasteiger partial charge on any atom is 0.242 e. The summed E-state index contributed by atoms with van der Waals surface area (Å²) in [6, 6.07) is 10.6. The van der Waals surface area contributed by atoms with E-state index in [0.717, 1.165) is 24.8 Å². The fourth-order valence-corrected chi connectivity index (χ4v) is 4.97. The first-order chi connectivity index (χ1) is 14.4. The van der Waals surface area contributed by atoms with Crippen LogP contribution >= 0.6 is 11.3 Å². The number of rotatable bonds is 8. The molecule has 0 saturated heterocycles. The molecular weight excluding hydrogens is 392 g/mol. The number of nitrogens with zero attached hydrogens (tertiary/aromatic N) is 2. The lowest BCUT2D eigenvalue weighted by Crippen LogP contribution is -2.47. The van der Waals surface area contributed by atoms with Crippen molar-refractivity contribution in [3.05, 3.63) is 57.3 Å². The molecular formula is C25H34N2O2S. The second kappa shape index (κ2) is 10.3. The molecule has 0 fully saturated rings. The number of hydrogen-bond donors (Lipinski definition) is 0. The van der Waals surface area contributed by atoms with Crippen LogP contribution in [0.3, 0.4) is 0 Å². The van der Waals surface area contributed by atoms with Crippen LogP contribution < -0.4 is 0 Å². The largest absolute Gasteiger partial charge is 0.333 e. The van der Waals surface area contributed by atoms with Gasteiger partial charge in [0.05, 0.1) is 12.6 Å². The number of fused-ring (bicyclic) bond motifs is 1. The predicted octanol–water partition coefficient (Wildman–Crippen LogP) is 5.21. The van der Waals surface area contributed by atoms with Crippen molar-refractivity contribution in [1.82, 2.24) is 9.80 Å². The van der Waals surface area contributed by atoms with Crippen LogP contribution in [0.4, 0.5) is 0 Å². The smallest absolute Gasteiger partial charge is 0.242 e. The van der Waals surface area contributed by atoms with Gasteiger partial charge in [0.25, 0.3) is 0 Å². The molecule has 0 N–H and O–H groups in total. The van der Waals surface area contributed by atoms with Gasteiger partial charge in [-0.1, -0.05) is 57.0 Å². The Morgan fingerprint density at radius 3 is 2.60 bits per heavy atom. The zero-order chi connectivity index (χ0) is 21.7. The second-order valence-corrected chi connectivity index (χ2v) is 9.72. The standard InChI is InChI=1S/C25H34N2O2S/c1-5-6-13-26(23(28)16-18(2)3)17-24(29)27-14-11-22-21(12-15-30-22)25(27)20-9-7-19(4)8-10-20/h7-10,12,15,18,25H,5-6,11,13-14,16-17H2,1-4H3. The highest BCUT2D eigenvalue weighted by Gasteiger charge is 2.33. The second-order valence-electron chi connectivity index (χ2n) is 8.72. The number of benzene rings is 1. The van der Waals surface area contributed by atoms with Crippen molar-refractivity contribution in [1.29, 1.82) is 0 Å². The molecule has 5 heteroatoms. The van der Waals surface area contributed by atoms with E-state index in [1.807, 2.05) is 18.7 Å². The fraction of sp³-hybridized carbons (Fsp3) is 0.520. The lowest BCUT2D eigenvalue weighted by atomic mass is 9.92. The monoisotopic (exact) mass is 426 g/mol. The molecule has 1 aliphatic rings. The van der Waals surface area contributed by atoms with Gasteiger partial charge in [-0.25, -0.2) is 0 Å². The summed E-state index contributed by atoms with van der Waals surface area (Å²) >= 11 is 1.77. The lowest BCUT2D eigenvalue weighted by Gasteiger charge is -2.37. The molecule has 162 valence electrons. The van der Waals surface area contributed by atoms with E-state index in [2.05, 4.69) is 49.6 Å². The van der Waals surface area contributed by atoms with Gasteiger partial charge in [0, 0.05) is 24.4 Å². The minimum absolute atomic E-state index is 0.0469. The third-order valence-corrected chi connectivity index (χ3v) is 6.72. The van der Waals surface area contributed by atoms with E-state index in [9.17, 15) is 9.59 Å². The van der Waals surface area contributed by atoms with Gasteiger partial charge in [-0.05, 0) is 48.3 Å². The van der Waals surface area contributed by atoms with Gasteiger partial charge in [0.2, 0.25) is 11.8 Å². The Morgan fingerprint density at radius 1 is 1.20 bits per heavy atom. The molecule has 0 spiro atoms. The van der Waals surface area contributed by atoms with Gasteiger partial charge in [-0.3, -0.25) is 9.59 Å². The number of amides is 2. The van der Waals surface area contributed by atoms with Gasteiger partial charge in [0.15, 0.2) is 0 Å². The van der Waals surface area contributed by atoms with Crippen LogP contribution in [0.25, 0.3) is 0 Å². The average Bonchev–Trinajstić information content (AvgIpc) is 3.19. The molecule has 0 bridgehead atoms. The molecule has 3 rings (SSSR count). The normalized spacial score (nSPS) is 15.9. The third kappa shape index (κ3) is 5.31. The van der Waals surface area contributed by atoms with Gasteiger partial charge < -0.3 is 9.80 Å². The van der Waals surface area contributed by atoms with Gasteiger partial charge in [-0.15, -0.1) is 11.3 Å². The van der Waals surface area contributed by atoms with Crippen molar-refractivity contribution in [2.75, 3.05) is 19.6 Å². The molecule has 0 saturated carbocycles. The first-order valence-corrected chi connectivity index (χ1v) is 12.0. The summed E-state index contributed by atoms with van der Waals surface area (Å²) in [6.45, 7) is 9.82. The Hall–Kier alpha value is -2.14. The quantitative estimate of drug-likeness (QED) is 0.582. The van der Waals surface area contributed by atoms with E-state index in [-0.39, 0.29) is 24.4 Å². The topological polar surface area (TPSA) is 40.6 Å². The molecule has 0 radical (unpaired) electrons. The van der Waals surface area contributed by atoms with Crippen molar-refractivity contribution in [2.45, 2.75) is 59.4 Å². The van der Waals surface area contributed by atoms with E-state index in [1.165, 1.54) is 16.0 Å². The van der Waals surface area contributed by atoms with Crippen molar-refractivity contribution in [2.24, 2.45) is 5.92 Å². The molecule has 2 amide bonds. The maximum absolute atomic E-state index is 13.5. The first-order valence-electron chi connectivity index (χ1n) is 11.1. The molecule has 1 atom stereocenters. The number of carbonyl (C=O) groups excluding carboxylic acids is 2. The summed E-state index contributed by atoms with van der Waals surface area (Å²) in [6.07, 6.45) is 3.31. The summed E-state index contributed by atoms with van der Waals surface area (Å²) in [5, 5.41) is 2.12. The fourth-order valence-electron chi connectivity index (χ4n) is 4.07. The highest BCUT2D eigenvalue weighted by Crippen LogP contribution is 2.38. The van der Waals surface area contributed by atoms with E-state index in [0.29, 0.717) is 25.4 Å². The van der Waals surface area contributed by atoms with Crippen molar-refractivity contribution in [3.8, 4) is 0 Å². The zero-order valence-electron chi connectivity index (χ0n) is 18.7. The Bertz CT molecular complexity index is 856. The summed E-state index contributed by atoms with van der Waals surface area (Å²) in [5.41, 5.74) is 3.59. The number of thiophene rings is 1. The number of carbonyl (C=O) groups is 2. The molecule has 30 heavy (non-hydrogen) atoms. The summed E-state index contributed by atoms with van der Waals surface area (Å²) < 4.78 is 0. The van der Waals surface area contributed by atoms with E-state index < -0.39 is 0 Å². The molecule has 2 aromatic rings. The van der Waals surface area contributed by atoms with Gasteiger partial charge in [-0.2, -0.15) is 0 Å². The van der Waals surface area contributed by atoms with Crippen LogP contribution in [0.5, 0.6) is 0 Å². The average molecular weight is 427 g/mol. The molecule has 4 nitrogen and oxygen atoms in total. The summed E-state index contributed by atoms with van der Waals surface area (Å²) in [5.74, 6) is 0.429. The molecule has 1 aromatic carbocycles. The molecule has 1 aromatic heterocycles. The van der Waals surface area contributed by atoms with Crippen molar-refractivity contribution >= 4 is 23.2 Å². The van der Waals surface area contributed by atoms with E-state index in [1.54, 1.807) is 16.2 Å².